The second kappa shape index (κ2) is 7.45. The molecule has 0 unspecified atom stereocenters. The number of nitrogens with zero attached hydrogens (tertiary/aromatic N) is 5. The molecule has 1 aromatic heterocycles. The lowest BCUT2D eigenvalue weighted by Crippen LogP contribution is -2.40. The molecule has 2 atom stereocenters. The number of ether oxygens (including phenoxy) is 2. The van der Waals surface area contributed by atoms with Gasteiger partial charge in [-0.25, -0.2) is 4.68 Å². The molecule has 0 aromatic carbocycles. The van der Waals surface area contributed by atoms with Gasteiger partial charge in [-0.1, -0.05) is 0 Å². The molecule has 7 heteroatoms. The number of aromatic nitrogens is 4. The van der Waals surface area contributed by atoms with Gasteiger partial charge in [0.05, 0.1) is 30.9 Å². The van der Waals surface area contributed by atoms with Crippen LogP contribution in [0.25, 0.3) is 0 Å². The summed E-state index contributed by atoms with van der Waals surface area (Å²) in [6.07, 6.45) is 8.92. The SMILES string of the molecule is C[C@H](c1nnnn1C1CC1)N1CCC(OC[C@@H]2CCCCO2)CC1. The minimum atomic E-state index is 0.281. The fraction of sp³-hybridized carbons (Fsp3) is 0.941. The van der Waals surface area contributed by atoms with E-state index in [-0.39, 0.29) is 6.04 Å². The van der Waals surface area contributed by atoms with E-state index in [4.69, 9.17) is 9.47 Å². The zero-order valence-electron chi connectivity index (χ0n) is 14.6. The van der Waals surface area contributed by atoms with E-state index in [1.54, 1.807) is 0 Å². The average Bonchev–Trinajstić information content (AvgIpc) is 3.37. The van der Waals surface area contributed by atoms with Crippen LogP contribution in [0.3, 0.4) is 0 Å². The van der Waals surface area contributed by atoms with E-state index in [2.05, 4.69) is 27.3 Å². The predicted molar refractivity (Wildman–Crippen MR) is 88.6 cm³/mol. The van der Waals surface area contributed by atoms with Gasteiger partial charge in [-0.2, -0.15) is 0 Å². The number of rotatable bonds is 6. The molecule has 2 aliphatic heterocycles. The average molecular weight is 335 g/mol. The molecule has 0 bridgehead atoms. The topological polar surface area (TPSA) is 65.3 Å². The van der Waals surface area contributed by atoms with Crippen molar-refractivity contribution in [2.24, 2.45) is 0 Å². The van der Waals surface area contributed by atoms with E-state index in [0.717, 1.165) is 51.4 Å². The number of tetrazole rings is 1. The van der Waals surface area contributed by atoms with Crippen LogP contribution in [0.4, 0.5) is 0 Å². The van der Waals surface area contributed by atoms with Gasteiger partial charge >= 0.3 is 0 Å². The highest BCUT2D eigenvalue weighted by Gasteiger charge is 2.32. The summed E-state index contributed by atoms with van der Waals surface area (Å²) in [5, 5.41) is 12.4. The quantitative estimate of drug-likeness (QED) is 0.793. The molecule has 4 rings (SSSR count). The molecular weight excluding hydrogens is 306 g/mol. The first-order valence-corrected chi connectivity index (χ1v) is 9.56. The Morgan fingerprint density at radius 2 is 2.00 bits per heavy atom. The Labute approximate surface area is 143 Å². The van der Waals surface area contributed by atoms with Crippen LogP contribution in [0.1, 0.15) is 69.8 Å². The zero-order valence-corrected chi connectivity index (χ0v) is 14.6. The van der Waals surface area contributed by atoms with Gasteiger partial charge in [-0.3, -0.25) is 4.90 Å². The van der Waals surface area contributed by atoms with Crippen molar-refractivity contribution in [3.8, 4) is 0 Å². The molecule has 1 aliphatic carbocycles. The van der Waals surface area contributed by atoms with Crippen LogP contribution in [0.5, 0.6) is 0 Å². The highest BCUT2D eigenvalue weighted by atomic mass is 16.5. The molecule has 0 N–H and O–H groups in total. The van der Waals surface area contributed by atoms with Gasteiger partial charge in [0.1, 0.15) is 0 Å². The Morgan fingerprint density at radius 1 is 1.17 bits per heavy atom. The van der Waals surface area contributed by atoms with E-state index < -0.39 is 0 Å². The predicted octanol–water partition coefficient (Wildman–Crippen LogP) is 2.12. The Balaban J connectivity index is 1.24. The summed E-state index contributed by atoms with van der Waals surface area (Å²) in [6, 6.07) is 0.817. The van der Waals surface area contributed by atoms with E-state index in [9.17, 15) is 0 Å². The molecule has 0 radical (unpaired) electrons. The third-order valence-electron chi connectivity index (χ3n) is 5.60. The van der Waals surface area contributed by atoms with Crippen LogP contribution in [0, 0.1) is 0 Å². The number of likely N-dealkylation sites (tertiary alicyclic amines) is 1. The van der Waals surface area contributed by atoms with E-state index >= 15 is 0 Å². The highest BCUT2D eigenvalue weighted by molar-refractivity contribution is 4.97. The van der Waals surface area contributed by atoms with Crippen LogP contribution in [-0.2, 0) is 9.47 Å². The van der Waals surface area contributed by atoms with Crippen LogP contribution < -0.4 is 0 Å². The minimum absolute atomic E-state index is 0.281. The molecule has 3 fully saturated rings. The fourth-order valence-corrected chi connectivity index (χ4v) is 3.83. The summed E-state index contributed by atoms with van der Waals surface area (Å²) in [7, 11) is 0. The van der Waals surface area contributed by atoms with Crippen LogP contribution >= 0.6 is 0 Å². The zero-order chi connectivity index (χ0) is 16.4. The Kier molecular flexibility index (Phi) is 5.10. The Hall–Kier alpha value is -1.05. The van der Waals surface area contributed by atoms with E-state index in [0.29, 0.717) is 18.2 Å². The maximum Gasteiger partial charge on any atom is 0.168 e. The van der Waals surface area contributed by atoms with E-state index in [1.807, 2.05) is 4.68 Å². The molecule has 3 aliphatic rings. The molecule has 1 aromatic rings. The second-order valence-corrected chi connectivity index (χ2v) is 7.45. The monoisotopic (exact) mass is 335 g/mol. The normalized spacial score (nSPS) is 28.1. The summed E-state index contributed by atoms with van der Waals surface area (Å²) < 4.78 is 13.9. The van der Waals surface area contributed by atoms with Crippen molar-refractivity contribution >= 4 is 0 Å². The van der Waals surface area contributed by atoms with Gasteiger partial charge in [-0.05, 0) is 62.3 Å². The first kappa shape index (κ1) is 16.4. The van der Waals surface area contributed by atoms with Crippen LogP contribution in [-0.4, -0.2) is 63.6 Å². The van der Waals surface area contributed by atoms with Gasteiger partial charge in [0.15, 0.2) is 5.82 Å². The largest absolute Gasteiger partial charge is 0.376 e. The summed E-state index contributed by atoms with van der Waals surface area (Å²) in [6.45, 7) is 5.99. The van der Waals surface area contributed by atoms with Crippen molar-refractivity contribution in [1.29, 1.82) is 0 Å². The van der Waals surface area contributed by atoms with Crippen molar-refractivity contribution in [1.82, 2.24) is 25.1 Å². The fourth-order valence-electron chi connectivity index (χ4n) is 3.83. The first-order valence-electron chi connectivity index (χ1n) is 9.56. The van der Waals surface area contributed by atoms with Crippen molar-refractivity contribution in [2.75, 3.05) is 26.3 Å². The van der Waals surface area contributed by atoms with Crippen molar-refractivity contribution in [2.45, 2.75) is 76.2 Å². The maximum atomic E-state index is 6.12. The van der Waals surface area contributed by atoms with Crippen molar-refractivity contribution in [3.63, 3.8) is 0 Å². The van der Waals surface area contributed by atoms with Crippen molar-refractivity contribution in [3.05, 3.63) is 5.82 Å². The summed E-state index contributed by atoms with van der Waals surface area (Å²) >= 11 is 0. The lowest BCUT2D eigenvalue weighted by atomic mass is 10.1. The molecule has 24 heavy (non-hydrogen) atoms. The molecule has 0 amide bonds. The number of hydrogen-bond donors (Lipinski definition) is 0. The van der Waals surface area contributed by atoms with Gasteiger partial charge in [0.25, 0.3) is 0 Å². The van der Waals surface area contributed by atoms with Crippen molar-refractivity contribution < 1.29 is 9.47 Å². The summed E-state index contributed by atoms with van der Waals surface area (Å²) in [5.41, 5.74) is 0. The second-order valence-electron chi connectivity index (χ2n) is 7.45. The summed E-state index contributed by atoms with van der Waals surface area (Å²) in [5.74, 6) is 1.02. The molecule has 1 saturated carbocycles. The third kappa shape index (κ3) is 3.78. The molecule has 7 nitrogen and oxygen atoms in total. The van der Waals surface area contributed by atoms with Gasteiger partial charge < -0.3 is 9.47 Å². The van der Waals surface area contributed by atoms with Gasteiger partial charge in [-0.15, -0.1) is 5.10 Å². The number of hydrogen-bond acceptors (Lipinski definition) is 6. The lowest BCUT2D eigenvalue weighted by Gasteiger charge is -2.36. The lowest BCUT2D eigenvalue weighted by molar-refractivity contribution is -0.0771. The van der Waals surface area contributed by atoms with Gasteiger partial charge in [0, 0.05) is 19.7 Å². The Morgan fingerprint density at radius 3 is 2.71 bits per heavy atom. The highest BCUT2D eigenvalue weighted by Crippen LogP contribution is 2.36. The molecule has 2 saturated heterocycles. The smallest absolute Gasteiger partial charge is 0.168 e. The number of piperidine rings is 1. The molecular formula is C17H29N5O2. The van der Waals surface area contributed by atoms with Crippen LogP contribution in [0.15, 0.2) is 0 Å². The Bertz CT molecular complexity index is 519. The minimum Gasteiger partial charge on any atom is -0.376 e. The van der Waals surface area contributed by atoms with Crippen LogP contribution in [0.2, 0.25) is 0 Å². The first-order chi connectivity index (χ1) is 11.8. The van der Waals surface area contributed by atoms with E-state index in [1.165, 1.54) is 25.7 Å². The maximum absolute atomic E-state index is 6.12. The molecule has 134 valence electrons. The molecule has 3 heterocycles. The standard InChI is InChI=1S/C17H29N5O2/c1-13(17-18-19-20-22(17)14-5-6-14)21-9-7-15(8-10-21)24-12-16-4-2-3-11-23-16/h13-16H,2-12H2,1H3/t13-,16+/m1/s1. The van der Waals surface area contributed by atoms with Gasteiger partial charge in [0.2, 0.25) is 0 Å². The third-order valence-corrected chi connectivity index (χ3v) is 5.60. The summed E-state index contributed by atoms with van der Waals surface area (Å²) in [4.78, 5) is 2.49. The molecule has 0 spiro atoms.